The van der Waals surface area contributed by atoms with Crippen LogP contribution in [0.3, 0.4) is 0 Å². The van der Waals surface area contributed by atoms with Crippen molar-refractivity contribution in [2.75, 3.05) is 13.2 Å². The second-order valence-electron chi connectivity index (χ2n) is 5.58. The van der Waals surface area contributed by atoms with Crippen molar-refractivity contribution in [3.8, 4) is 0 Å². The van der Waals surface area contributed by atoms with E-state index in [-0.39, 0.29) is 24.1 Å². The molecule has 2 aliphatic rings. The molecule has 1 aliphatic carbocycles. The molecule has 4 heteroatoms. The van der Waals surface area contributed by atoms with Gasteiger partial charge in [0.2, 0.25) is 0 Å². The quantitative estimate of drug-likeness (QED) is 0.782. The summed E-state index contributed by atoms with van der Waals surface area (Å²) < 4.78 is 11.6. The minimum absolute atomic E-state index is 0.0668. The average Bonchev–Trinajstić information content (AvgIpc) is 2.39. The monoisotopic (exact) mass is 277 g/mol. The van der Waals surface area contributed by atoms with E-state index >= 15 is 0 Å². The molecule has 0 aromatic rings. The van der Waals surface area contributed by atoms with Crippen LogP contribution in [-0.2, 0) is 14.3 Å². The van der Waals surface area contributed by atoms with Gasteiger partial charge < -0.3 is 15.2 Å². The van der Waals surface area contributed by atoms with Crippen LogP contribution in [0.15, 0.2) is 35.5 Å². The van der Waals surface area contributed by atoms with Crippen molar-refractivity contribution in [2.24, 2.45) is 11.7 Å². The summed E-state index contributed by atoms with van der Waals surface area (Å²) in [7, 11) is 0. The third kappa shape index (κ3) is 3.45. The highest BCUT2D eigenvalue weighted by Crippen LogP contribution is 2.34. The molecule has 3 atom stereocenters. The highest BCUT2D eigenvalue weighted by atomic mass is 16.7. The number of fused-ring (bicyclic) bond motifs is 1. The second kappa shape index (κ2) is 6.48. The van der Waals surface area contributed by atoms with Gasteiger partial charge >= 0.3 is 0 Å². The van der Waals surface area contributed by atoms with Gasteiger partial charge in [0.1, 0.15) is 0 Å². The average molecular weight is 277 g/mol. The number of ether oxygens (including phenoxy) is 2. The molecule has 2 N–H and O–H groups in total. The van der Waals surface area contributed by atoms with Gasteiger partial charge in [0.15, 0.2) is 12.1 Å². The number of carbonyl (C=O) groups excluding carboxylic acids is 1. The molecule has 110 valence electrons. The Kier molecular flexibility index (Phi) is 4.91. The van der Waals surface area contributed by atoms with Crippen molar-refractivity contribution in [1.29, 1.82) is 0 Å². The van der Waals surface area contributed by atoms with E-state index in [2.05, 4.69) is 6.58 Å². The minimum atomic E-state index is -0.383. The van der Waals surface area contributed by atoms with Gasteiger partial charge in [-0.3, -0.25) is 4.79 Å². The summed E-state index contributed by atoms with van der Waals surface area (Å²) >= 11 is 0. The zero-order valence-electron chi connectivity index (χ0n) is 12.2. The Hall–Kier alpha value is -1.23. The molecule has 1 aliphatic heterocycles. The Morgan fingerprint density at radius 1 is 1.55 bits per heavy atom. The summed E-state index contributed by atoms with van der Waals surface area (Å²) in [6, 6.07) is 0. The number of hydrogen-bond acceptors (Lipinski definition) is 4. The van der Waals surface area contributed by atoms with E-state index < -0.39 is 0 Å². The molecule has 0 bridgehead atoms. The van der Waals surface area contributed by atoms with E-state index in [9.17, 15) is 4.79 Å². The number of ketones is 1. The highest BCUT2D eigenvalue weighted by Gasteiger charge is 2.36. The van der Waals surface area contributed by atoms with E-state index in [0.29, 0.717) is 19.6 Å². The number of carbonyl (C=O) groups is 1. The summed E-state index contributed by atoms with van der Waals surface area (Å²) in [6.45, 7) is 8.67. The van der Waals surface area contributed by atoms with Gasteiger partial charge in [-0.2, -0.15) is 0 Å². The first-order chi connectivity index (χ1) is 9.51. The van der Waals surface area contributed by atoms with Crippen LogP contribution in [0.2, 0.25) is 0 Å². The van der Waals surface area contributed by atoms with E-state index in [0.717, 1.165) is 23.1 Å². The third-order valence-corrected chi connectivity index (χ3v) is 3.82. The molecule has 0 saturated heterocycles. The maximum atomic E-state index is 11.8. The first-order valence-corrected chi connectivity index (χ1v) is 7.05. The molecule has 0 unspecified atom stereocenters. The van der Waals surface area contributed by atoms with E-state index in [1.54, 1.807) is 0 Å². The highest BCUT2D eigenvalue weighted by molar-refractivity contribution is 5.96. The fourth-order valence-corrected chi connectivity index (χ4v) is 2.56. The third-order valence-electron chi connectivity index (χ3n) is 3.82. The topological polar surface area (TPSA) is 61.5 Å². The number of hydrogen-bond donors (Lipinski definition) is 1. The maximum Gasteiger partial charge on any atom is 0.177 e. The van der Waals surface area contributed by atoms with Crippen molar-refractivity contribution < 1.29 is 14.3 Å². The summed E-state index contributed by atoms with van der Waals surface area (Å²) in [5, 5.41) is 0. The van der Waals surface area contributed by atoms with Crippen molar-refractivity contribution in [1.82, 2.24) is 0 Å². The zero-order chi connectivity index (χ0) is 14.7. The van der Waals surface area contributed by atoms with Crippen LogP contribution in [0.1, 0.15) is 26.7 Å². The summed E-state index contributed by atoms with van der Waals surface area (Å²) in [6.07, 6.45) is 4.62. The van der Waals surface area contributed by atoms with Crippen molar-refractivity contribution in [3.05, 3.63) is 35.5 Å². The van der Waals surface area contributed by atoms with Crippen LogP contribution in [0.4, 0.5) is 0 Å². The lowest BCUT2D eigenvalue weighted by molar-refractivity contribution is -0.152. The zero-order valence-corrected chi connectivity index (χ0v) is 12.2. The molecule has 0 saturated carbocycles. The molecule has 4 nitrogen and oxygen atoms in total. The molecule has 0 aromatic heterocycles. The predicted octanol–water partition coefficient (Wildman–Crippen LogP) is 2.11. The van der Waals surface area contributed by atoms with Crippen LogP contribution < -0.4 is 5.73 Å². The molecule has 20 heavy (non-hydrogen) atoms. The Morgan fingerprint density at radius 3 is 2.95 bits per heavy atom. The minimum Gasteiger partial charge on any atom is -0.349 e. The molecular weight excluding hydrogens is 254 g/mol. The van der Waals surface area contributed by atoms with Crippen molar-refractivity contribution in [3.63, 3.8) is 0 Å². The van der Waals surface area contributed by atoms with Crippen LogP contribution in [0.25, 0.3) is 0 Å². The standard InChI is InChI=1S/C16H23NO3/c1-10(2)4-5-19-16-7-12(9-17)13-8-14(18)11(3)6-15(13)20-16/h6-7,13,15-16H,1,4-5,8-9,17H2,2-3H3/t13-,15-,16+/m1/s1. The summed E-state index contributed by atoms with van der Waals surface area (Å²) in [5.74, 6) is 0.244. The molecule has 0 spiro atoms. The van der Waals surface area contributed by atoms with E-state index in [1.165, 1.54) is 0 Å². The van der Waals surface area contributed by atoms with Crippen LogP contribution >= 0.6 is 0 Å². The first kappa shape index (κ1) is 15.2. The predicted molar refractivity (Wildman–Crippen MR) is 78.1 cm³/mol. The molecule has 0 radical (unpaired) electrons. The van der Waals surface area contributed by atoms with Gasteiger partial charge in [0.05, 0.1) is 12.7 Å². The molecule has 0 fully saturated rings. The number of rotatable bonds is 5. The Balaban J connectivity index is 2.06. The fourth-order valence-electron chi connectivity index (χ4n) is 2.56. The van der Waals surface area contributed by atoms with Gasteiger partial charge in [-0.05, 0) is 43.6 Å². The van der Waals surface area contributed by atoms with Crippen molar-refractivity contribution >= 4 is 5.78 Å². The Labute approximate surface area is 120 Å². The van der Waals surface area contributed by atoms with Gasteiger partial charge in [-0.1, -0.05) is 5.57 Å². The maximum absolute atomic E-state index is 11.8. The van der Waals surface area contributed by atoms with Gasteiger partial charge in [-0.15, -0.1) is 6.58 Å². The second-order valence-corrected chi connectivity index (χ2v) is 5.58. The summed E-state index contributed by atoms with van der Waals surface area (Å²) in [5.41, 5.74) is 8.71. The normalized spacial score (nSPS) is 29.6. The van der Waals surface area contributed by atoms with Crippen LogP contribution in [0.5, 0.6) is 0 Å². The van der Waals surface area contributed by atoms with Gasteiger partial charge in [-0.25, -0.2) is 0 Å². The fraction of sp³-hybridized carbons (Fsp3) is 0.562. The van der Waals surface area contributed by atoms with E-state index in [4.69, 9.17) is 15.2 Å². The van der Waals surface area contributed by atoms with E-state index in [1.807, 2.05) is 26.0 Å². The first-order valence-electron chi connectivity index (χ1n) is 7.05. The van der Waals surface area contributed by atoms with Crippen LogP contribution in [0, 0.1) is 5.92 Å². The lowest BCUT2D eigenvalue weighted by Crippen LogP contribution is -2.40. The molecule has 0 amide bonds. The molecule has 1 heterocycles. The Morgan fingerprint density at radius 2 is 2.30 bits per heavy atom. The smallest absolute Gasteiger partial charge is 0.177 e. The summed E-state index contributed by atoms with van der Waals surface area (Å²) in [4.78, 5) is 11.8. The SMILES string of the molecule is C=C(C)CCO[C@@H]1C=C(CN)[C@H]2CC(=O)C(C)=C[C@H]2O1. The van der Waals surface area contributed by atoms with Gasteiger partial charge in [0.25, 0.3) is 0 Å². The molecular formula is C16H23NO3. The molecule has 0 aromatic carbocycles. The van der Waals surface area contributed by atoms with Crippen LogP contribution in [-0.4, -0.2) is 31.3 Å². The Bertz CT molecular complexity index is 464. The molecule has 2 rings (SSSR count). The number of nitrogens with two attached hydrogens (primary N) is 1. The van der Waals surface area contributed by atoms with Crippen molar-refractivity contribution in [2.45, 2.75) is 39.1 Å². The lowest BCUT2D eigenvalue weighted by atomic mass is 9.80. The largest absolute Gasteiger partial charge is 0.349 e. The number of Topliss-reactive ketones (excluding diaryl/α,β-unsaturated/α-hetero) is 1. The van der Waals surface area contributed by atoms with Gasteiger partial charge in [0, 0.05) is 18.9 Å². The number of allylic oxidation sites excluding steroid dienone is 1. The lowest BCUT2D eigenvalue weighted by Gasteiger charge is -2.37.